The number of unbranched alkanes of at least 4 members (excludes halogenated alkanes) is 2. The second kappa shape index (κ2) is 12.2. The third kappa shape index (κ3) is 5.97. The number of carbonyl (C=O) groups is 1. The number of benzene rings is 1. The lowest BCUT2D eigenvalue weighted by Gasteiger charge is -2.26. The molecule has 2 aromatic heterocycles. The second-order valence-corrected chi connectivity index (χ2v) is 10.2. The maximum Gasteiger partial charge on any atom is 0.333 e. The summed E-state index contributed by atoms with van der Waals surface area (Å²) in [5, 5.41) is 8.99. The predicted octanol–water partition coefficient (Wildman–Crippen LogP) is 8.44. The van der Waals surface area contributed by atoms with E-state index in [1.54, 1.807) is 12.1 Å². The van der Waals surface area contributed by atoms with E-state index in [0.717, 1.165) is 28.3 Å². The maximum atomic E-state index is 15.0. The number of rotatable bonds is 11. The lowest BCUT2D eigenvalue weighted by atomic mass is 10.1. The van der Waals surface area contributed by atoms with Crippen LogP contribution in [-0.4, -0.2) is 24.2 Å². The van der Waals surface area contributed by atoms with E-state index >= 15 is 0 Å². The first kappa shape index (κ1) is 27.4. The van der Waals surface area contributed by atoms with E-state index in [4.69, 9.17) is 11.7 Å². The molecule has 0 bridgehead atoms. The fourth-order valence-electron chi connectivity index (χ4n) is 3.56. The van der Waals surface area contributed by atoms with Crippen molar-refractivity contribution in [1.82, 2.24) is 0 Å². The zero-order chi connectivity index (χ0) is 26.4. The van der Waals surface area contributed by atoms with Crippen LogP contribution in [0.4, 0.5) is 23.2 Å². The van der Waals surface area contributed by atoms with Crippen LogP contribution < -0.4 is 4.90 Å². The van der Waals surface area contributed by atoms with Crippen LogP contribution in [0.15, 0.2) is 17.8 Å². The molecule has 0 fully saturated rings. The summed E-state index contributed by atoms with van der Waals surface area (Å²) in [5.41, 5.74) is -1.87. The topological polar surface area (TPSA) is 44.9 Å². The van der Waals surface area contributed by atoms with Crippen LogP contribution in [0.25, 0.3) is 32.5 Å². The van der Waals surface area contributed by atoms with E-state index < -0.39 is 46.2 Å². The van der Waals surface area contributed by atoms with Gasteiger partial charge in [0, 0.05) is 32.2 Å². The molecule has 0 spiro atoms. The Balaban J connectivity index is 1.92. The highest BCUT2D eigenvalue weighted by Crippen LogP contribution is 2.36. The van der Waals surface area contributed by atoms with Gasteiger partial charge in [-0.15, -0.1) is 22.7 Å². The van der Waals surface area contributed by atoms with Gasteiger partial charge in [0.1, 0.15) is 5.69 Å². The summed E-state index contributed by atoms with van der Waals surface area (Å²) in [5.74, 6) is -7.01. The standard InChI is InChI=1S/C26H24F4N2O2S2/c1-4-6-10-32(11-7-5-2)25-23(29)21(27)17(22(28)24(25)30)9-8-15-13-19-20(35-15)14-16(36-19)12-18(31-3)26(33)34/h8-9,12-14H,4-7,10-11H2,1-2H3,(H,33,34). The van der Waals surface area contributed by atoms with Gasteiger partial charge in [-0.3, -0.25) is 4.79 Å². The molecule has 0 aliphatic rings. The van der Waals surface area contributed by atoms with Crippen molar-refractivity contribution in [1.29, 1.82) is 0 Å². The van der Waals surface area contributed by atoms with Crippen LogP contribution in [0.1, 0.15) is 54.8 Å². The van der Waals surface area contributed by atoms with E-state index in [1.807, 2.05) is 13.8 Å². The van der Waals surface area contributed by atoms with Crippen LogP contribution in [0.5, 0.6) is 0 Å². The summed E-state index contributed by atoms with van der Waals surface area (Å²) >= 11 is 2.51. The van der Waals surface area contributed by atoms with Crippen molar-refractivity contribution < 1.29 is 27.5 Å². The largest absolute Gasteiger partial charge is 0.486 e. The van der Waals surface area contributed by atoms with Gasteiger partial charge in [-0.1, -0.05) is 26.7 Å². The third-order valence-corrected chi connectivity index (χ3v) is 7.64. The molecule has 0 radical (unpaired) electrons. The number of hydrogen-bond acceptors (Lipinski definition) is 4. The van der Waals surface area contributed by atoms with Gasteiger partial charge in [0.05, 0.1) is 12.1 Å². The Morgan fingerprint density at radius 2 is 1.47 bits per heavy atom. The highest BCUT2D eigenvalue weighted by Gasteiger charge is 2.27. The van der Waals surface area contributed by atoms with Crippen molar-refractivity contribution in [3.05, 3.63) is 67.8 Å². The number of anilines is 1. The Morgan fingerprint density at radius 1 is 0.944 bits per heavy atom. The van der Waals surface area contributed by atoms with E-state index in [0.29, 0.717) is 35.7 Å². The molecule has 0 unspecified atom stereocenters. The van der Waals surface area contributed by atoms with Gasteiger partial charge in [0.25, 0.3) is 5.70 Å². The summed E-state index contributed by atoms with van der Waals surface area (Å²) in [4.78, 5) is 16.5. The summed E-state index contributed by atoms with van der Waals surface area (Å²) in [6.45, 7) is 11.4. The van der Waals surface area contributed by atoms with E-state index in [-0.39, 0.29) is 0 Å². The molecule has 4 nitrogen and oxygen atoms in total. The molecular weight excluding hydrogens is 512 g/mol. The van der Waals surface area contributed by atoms with Crippen LogP contribution in [0.2, 0.25) is 0 Å². The molecule has 0 saturated heterocycles. The number of carboxylic acids is 1. The van der Waals surface area contributed by atoms with Crippen molar-refractivity contribution in [2.45, 2.75) is 39.5 Å². The molecule has 1 N–H and O–H groups in total. The van der Waals surface area contributed by atoms with Gasteiger partial charge in [-0.05, 0) is 43.2 Å². The Hall–Kier alpha value is -3.16. The minimum absolute atomic E-state index is 0.297. The molecule has 1 aromatic carbocycles. The van der Waals surface area contributed by atoms with Crippen molar-refractivity contribution in [3.8, 4) is 0 Å². The number of hydrogen-bond donors (Lipinski definition) is 1. The van der Waals surface area contributed by atoms with E-state index in [9.17, 15) is 22.4 Å². The first-order chi connectivity index (χ1) is 17.2. The Morgan fingerprint density at radius 3 is 1.97 bits per heavy atom. The van der Waals surface area contributed by atoms with Crippen molar-refractivity contribution in [3.63, 3.8) is 0 Å². The van der Waals surface area contributed by atoms with Crippen molar-refractivity contribution in [2.24, 2.45) is 0 Å². The molecule has 0 aliphatic carbocycles. The fourth-order valence-corrected chi connectivity index (χ4v) is 5.82. The summed E-state index contributed by atoms with van der Waals surface area (Å²) in [6.07, 6.45) is 6.47. The number of thiophene rings is 2. The zero-order valence-electron chi connectivity index (χ0n) is 19.7. The molecule has 190 valence electrons. The monoisotopic (exact) mass is 536 g/mol. The number of fused-ring (bicyclic) bond motifs is 1. The SMILES string of the molecule is [C-]#[N+]C(=Cc1cc2sc(C=Cc3c(F)c(F)c(N(CCCC)CCCC)c(F)c3F)cc2s1)C(=O)O. The molecule has 0 aliphatic heterocycles. The average Bonchev–Trinajstić information content (AvgIpc) is 3.40. The van der Waals surface area contributed by atoms with Gasteiger partial charge >= 0.3 is 5.97 Å². The molecule has 3 aromatic rings. The van der Waals surface area contributed by atoms with Gasteiger partial charge in [0.15, 0.2) is 23.3 Å². The zero-order valence-corrected chi connectivity index (χ0v) is 21.3. The minimum Gasteiger partial charge on any atom is -0.486 e. The maximum absolute atomic E-state index is 15.0. The normalized spacial score (nSPS) is 12.0. The molecule has 0 saturated carbocycles. The minimum atomic E-state index is -1.44. The van der Waals surface area contributed by atoms with Crippen LogP contribution in [-0.2, 0) is 4.79 Å². The quantitative estimate of drug-likeness (QED) is 0.116. The van der Waals surface area contributed by atoms with Gasteiger partial charge in [-0.25, -0.2) is 22.4 Å². The molecule has 2 heterocycles. The van der Waals surface area contributed by atoms with E-state index in [2.05, 4.69) is 4.85 Å². The molecule has 36 heavy (non-hydrogen) atoms. The molecule has 3 rings (SSSR count). The van der Waals surface area contributed by atoms with E-state index in [1.165, 1.54) is 39.7 Å². The molecule has 10 heteroatoms. The first-order valence-corrected chi connectivity index (χ1v) is 13.0. The first-order valence-electron chi connectivity index (χ1n) is 11.4. The van der Waals surface area contributed by atoms with Crippen LogP contribution in [0.3, 0.4) is 0 Å². The Labute approximate surface area is 214 Å². The average molecular weight is 537 g/mol. The van der Waals surface area contributed by atoms with Gasteiger partial charge in [0.2, 0.25) is 0 Å². The lowest BCUT2D eigenvalue weighted by molar-refractivity contribution is -0.132. The predicted molar refractivity (Wildman–Crippen MR) is 139 cm³/mol. The van der Waals surface area contributed by atoms with Crippen LogP contribution >= 0.6 is 22.7 Å². The highest BCUT2D eigenvalue weighted by atomic mass is 32.1. The number of aliphatic carboxylic acids is 1. The number of nitrogens with zero attached hydrogens (tertiary/aromatic N) is 2. The molecule has 0 amide bonds. The van der Waals surface area contributed by atoms with Crippen molar-refractivity contribution >= 4 is 62.0 Å². The number of carboxylic acid groups (broad SMARTS) is 1. The molecule has 0 atom stereocenters. The van der Waals surface area contributed by atoms with Crippen LogP contribution in [0, 0.1) is 29.8 Å². The van der Waals surface area contributed by atoms with Crippen molar-refractivity contribution in [2.75, 3.05) is 18.0 Å². The highest BCUT2D eigenvalue weighted by molar-refractivity contribution is 7.28. The Kier molecular flexibility index (Phi) is 9.29. The number of halogens is 4. The van der Waals surface area contributed by atoms with Gasteiger partial charge in [-0.2, -0.15) is 0 Å². The second-order valence-electron chi connectivity index (χ2n) is 8.02. The summed E-state index contributed by atoms with van der Waals surface area (Å²) in [6, 6.07) is 3.41. The summed E-state index contributed by atoms with van der Waals surface area (Å²) in [7, 11) is 0. The fraction of sp³-hybridized carbons (Fsp3) is 0.308. The third-order valence-electron chi connectivity index (χ3n) is 5.43. The Bertz CT molecular complexity index is 1300. The smallest absolute Gasteiger partial charge is 0.333 e. The lowest BCUT2D eigenvalue weighted by Crippen LogP contribution is -2.28. The summed E-state index contributed by atoms with van der Waals surface area (Å²) < 4.78 is 61.3. The van der Waals surface area contributed by atoms with Gasteiger partial charge < -0.3 is 10.0 Å². The molecular formula is C26H24F4N2O2S2.